The van der Waals surface area contributed by atoms with Gasteiger partial charge in [0.05, 0.1) is 0 Å². The molecule has 1 aromatic rings. The molecule has 1 aromatic carbocycles. The van der Waals surface area contributed by atoms with Gasteiger partial charge in [0.25, 0.3) is 0 Å². The summed E-state index contributed by atoms with van der Waals surface area (Å²) in [7, 11) is 0. The fourth-order valence-corrected chi connectivity index (χ4v) is 2.69. The Labute approximate surface area is 131 Å². The zero-order valence-electron chi connectivity index (χ0n) is 14.3. The minimum Gasteiger partial charge on any atom is -0.315 e. The van der Waals surface area contributed by atoms with Gasteiger partial charge in [-0.3, -0.25) is 4.90 Å². The van der Waals surface area contributed by atoms with Crippen molar-refractivity contribution < 1.29 is 0 Å². The fourth-order valence-electron chi connectivity index (χ4n) is 2.69. The lowest BCUT2D eigenvalue weighted by Crippen LogP contribution is -2.37. The second-order valence-electron chi connectivity index (χ2n) is 5.87. The van der Waals surface area contributed by atoms with Gasteiger partial charge in [-0.2, -0.15) is 0 Å². The Morgan fingerprint density at radius 3 is 2.05 bits per heavy atom. The topological polar surface area (TPSA) is 15.3 Å². The number of rotatable bonds is 12. The molecule has 0 bridgehead atoms. The summed E-state index contributed by atoms with van der Waals surface area (Å²) in [5.74, 6) is 0. The Hall–Kier alpha value is -0.860. The van der Waals surface area contributed by atoms with E-state index in [2.05, 4.69) is 61.3 Å². The third-order valence-electron chi connectivity index (χ3n) is 3.99. The highest BCUT2D eigenvalue weighted by Gasteiger charge is 2.19. The first-order valence-electron chi connectivity index (χ1n) is 8.83. The van der Waals surface area contributed by atoms with E-state index in [9.17, 15) is 0 Å². The molecule has 0 heterocycles. The van der Waals surface area contributed by atoms with E-state index in [4.69, 9.17) is 0 Å². The van der Waals surface area contributed by atoms with Crippen molar-refractivity contribution in [1.82, 2.24) is 10.2 Å². The zero-order chi connectivity index (χ0) is 15.3. The Balaban J connectivity index is 2.77. The minimum atomic E-state index is 0.510. The van der Waals surface area contributed by atoms with E-state index in [1.165, 1.54) is 50.8 Å². The normalized spacial score (nSPS) is 12.8. The molecule has 0 aliphatic heterocycles. The SMILES string of the molecule is CCCCN(CCCC)C(CNCCC)c1ccccc1. The molecule has 0 fully saturated rings. The highest BCUT2D eigenvalue weighted by Crippen LogP contribution is 2.21. The van der Waals surface area contributed by atoms with Crippen LogP contribution >= 0.6 is 0 Å². The highest BCUT2D eigenvalue weighted by molar-refractivity contribution is 5.19. The number of nitrogens with one attached hydrogen (secondary N) is 1. The largest absolute Gasteiger partial charge is 0.315 e. The van der Waals surface area contributed by atoms with Crippen LogP contribution in [0.2, 0.25) is 0 Å². The van der Waals surface area contributed by atoms with E-state index in [-0.39, 0.29) is 0 Å². The van der Waals surface area contributed by atoms with Crippen molar-refractivity contribution in [3.05, 3.63) is 35.9 Å². The van der Waals surface area contributed by atoms with Crippen LogP contribution in [0.15, 0.2) is 30.3 Å². The molecule has 0 saturated heterocycles. The Morgan fingerprint density at radius 2 is 1.52 bits per heavy atom. The van der Waals surface area contributed by atoms with Gasteiger partial charge in [-0.15, -0.1) is 0 Å². The summed E-state index contributed by atoms with van der Waals surface area (Å²) in [5, 5.41) is 3.63. The van der Waals surface area contributed by atoms with E-state index in [1.807, 2.05) is 0 Å². The average molecular weight is 290 g/mol. The van der Waals surface area contributed by atoms with Crippen LogP contribution in [0, 0.1) is 0 Å². The van der Waals surface area contributed by atoms with Crippen LogP contribution in [0.25, 0.3) is 0 Å². The first-order valence-corrected chi connectivity index (χ1v) is 8.83. The molecular weight excluding hydrogens is 256 g/mol. The molecule has 0 saturated carbocycles. The second-order valence-corrected chi connectivity index (χ2v) is 5.87. The van der Waals surface area contributed by atoms with Crippen LogP contribution < -0.4 is 5.32 Å². The number of unbranched alkanes of at least 4 members (excludes halogenated alkanes) is 2. The number of hydrogen-bond acceptors (Lipinski definition) is 2. The Kier molecular flexibility index (Phi) is 10.2. The van der Waals surface area contributed by atoms with E-state index >= 15 is 0 Å². The van der Waals surface area contributed by atoms with Crippen molar-refractivity contribution in [2.75, 3.05) is 26.2 Å². The minimum absolute atomic E-state index is 0.510. The maximum atomic E-state index is 3.63. The molecule has 2 nitrogen and oxygen atoms in total. The molecule has 21 heavy (non-hydrogen) atoms. The van der Waals surface area contributed by atoms with Gasteiger partial charge >= 0.3 is 0 Å². The van der Waals surface area contributed by atoms with Gasteiger partial charge in [0, 0.05) is 12.6 Å². The number of nitrogens with zero attached hydrogens (tertiary/aromatic N) is 1. The molecule has 0 amide bonds. The van der Waals surface area contributed by atoms with Crippen molar-refractivity contribution >= 4 is 0 Å². The molecule has 0 aliphatic carbocycles. The van der Waals surface area contributed by atoms with Crippen LogP contribution in [0.4, 0.5) is 0 Å². The second kappa shape index (κ2) is 11.8. The summed E-state index contributed by atoms with van der Waals surface area (Å²) in [6.07, 6.45) is 6.33. The van der Waals surface area contributed by atoms with Gasteiger partial charge in [-0.05, 0) is 44.5 Å². The van der Waals surface area contributed by atoms with Crippen LogP contribution in [-0.4, -0.2) is 31.1 Å². The highest BCUT2D eigenvalue weighted by atomic mass is 15.2. The first-order chi connectivity index (χ1) is 10.3. The molecule has 1 unspecified atom stereocenters. The summed E-state index contributed by atoms with van der Waals surface area (Å²) < 4.78 is 0. The predicted molar refractivity (Wildman–Crippen MR) is 93.7 cm³/mol. The van der Waals surface area contributed by atoms with E-state index in [0.717, 1.165) is 13.1 Å². The number of hydrogen-bond donors (Lipinski definition) is 1. The van der Waals surface area contributed by atoms with Gasteiger partial charge < -0.3 is 5.32 Å². The van der Waals surface area contributed by atoms with E-state index in [0.29, 0.717) is 6.04 Å². The quantitative estimate of drug-likeness (QED) is 0.565. The van der Waals surface area contributed by atoms with Crippen LogP contribution in [0.1, 0.15) is 64.5 Å². The van der Waals surface area contributed by atoms with Crippen molar-refractivity contribution in [3.8, 4) is 0 Å². The van der Waals surface area contributed by atoms with Gasteiger partial charge in [0.2, 0.25) is 0 Å². The molecular formula is C19H34N2. The lowest BCUT2D eigenvalue weighted by molar-refractivity contribution is 0.187. The summed E-state index contributed by atoms with van der Waals surface area (Å²) in [5.41, 5.74) is 1.45. The molecule has 1 atom stereocenters. The molecule has 1 N–H and O–H groups in total. The summed E-state index contributed by atoms with van der Waals surface area (Å²) in [6, 6.07) is 11.5. The molecule has 0 aliphatic rings. The first kappa shape index (κ1) is 18.2. The van der Waals surface area contributed by atoms with Crippen molar-refractivity contribution in [2.45, 2.75) is 58.9 Å². The van der Waals surface area contributed by atoms with Crippen molar-refractivity contribution in [1.29, 1.82) is 0 Å². The Morgan fingerprint density at radius 1 is 0.905 bits per heavy atom. The van der Waals surface area contributed by atoms with Gasteiger partial charge in [0.1, 0.15) is 0 Å². The van der Waals surface area contributed by atoms with Gasteiger partial charge in [-0.25, -0.2) is 0 Å². The van der Waals surface area contributed by atoms with Crippen LogP contribution in [0.3, 0.4) is 0 Å². The smallest absolute Gasteiger partial charge is 0.0472 e. The molecule has 0 aromatic heterocycles. The number of benzene rings is 1. The maximum absolute atomic E-state index is 3.63. The van der Waals surface area contributed by atoms with E-state index < -0.39 is 0 Å². The summed E-state index contributed by atoms with van der Waals surface area (Å²) in [6.45, 7) is 11.4. The zero-order valence-corrected chi connectivity index (χ0v) is 14.3. The Bertz CT molecular complexity index is 329. The monoisotopic (exact) mass is 290 g/mol. The predicted octanol–water partition coefficient (Wildman–Crippen LogP) is 4.63. The molecule has 120 valence electrons. The van der Waals surface area contributed by atoms with Gasteiger partial charge in [-0.1, -0.05) is 63.9 Å². The fraction of sp³-hybridized carbons (Fsp3) is 0.684. The molecule has 0 spiro atoms. The standard InChI is InChI=1S/C19H34N2/c1-4-7-15-21(16-8-5-2)19(17-20-14-6-3)18-12-10-9-11-13-18/h9-13,19-20H,4-8,14-17H2,1-3H3. The van der Waals surface area contributed by atoms with Crippen LogP contribution in [-0.2, 0) is 0 Å². The molecule has 0 radical (unpaired) electrons. The van der Waals surface area contributed by atoms with E-state index in [1.54, 1.807) is 0 Å². The van der Waals surface area contributed by atoms with Crippen LogP contribution in [0.5, 0.6) is 0 Å². The lowest BCUT2D eigenvalue weighted by atomic mass is 10.0. The maximum Gasteiger partial charge on any atom is 0.0472 e. The third kappa shape index (κ3) is 7.10. The van der Waals surface area contributed by atoms with Crippen molar-refractivity contribution in [2.24, 2.45) is 0 Å². The third-order valence-corrected chi connectivity index (χ3v) is 3.99. The van der Waals surface area contributed by atoms with Crippen molar-refractivity contribution in [3.63, 3.8) is 0 Å². The molecule has 1 rings (SSSR count). The van der Waals surface area contributed by atoms with Gasteiger partial charge in [0.15, 0.2) is 0 Å². The summed E-state index contributed by atoms with van der Waals surface area (Å²) in [4.78, 5) is 2.69. The summed E-state index contributed by atoms with van der Waals surface area (Å²) >= 11 is 0. The lowest BCUT2D eigenvalue weighted by Gasteiger charge is -2.32. The molecule has 2 heteroatoms. The average Bonchev–Trinajstić information content (AvgIpc) is 2.53.